The molecule has 98 valence electrons. The van der Waals surface area contributed by atoms with Crippen molar-refractivity contribution in [2.45, 2.75) is 13.8 Å². The Bertz CT molecular complexity index is 595. The van der Waals surface area contributed by atoms with Gasteiger partial charge < -0.3 is 5.73 Å². The number of ketones is 2. The van der Waals surface area contributed by atoms with Crippen molar-refractivity contribution in [2.24, 2.45) is 5.73 Å². The molecular formula is C16H17NO2. The molecule has 0 atom stereocenters. The van der Waals surface area contributed by atoms with E-state index in [1.54, 1.807) is 24.3 Å². The van der Waals surface area contributed by atoms with Crippen LogP contribution in [0.2, 0.25) is 0 Å². The Balaban J connectivity index is 0.000000861. The fourth-order valence-corrected chi connectivity index (χ4v) is 1.91. The fourth-order valence-electron chi connectivity index (χ4n) is 1.91. The smallest absolute Gasteiger partial charge is 0.196 e. The Morgan fingerprint density at radius 2 is 1.58 bits per heavy atom. The molecule has 2 rings (SSSR count). The van der Waals surface area contributed by atoms with E-state index in [9.17, 15) is 9.59 Å². The normalized spacial score (nSPS) is 13.4. The van der Waals surface area contributed by atoms with E-state index in [1.807, 2.05) is 13.8 Å². The Hall–Kier alpha value is -2.42. The molecule has 0 spiro atoms. The molecule has 0 aliphatic heterocycles. The zero-order chi connectivity index (χ0) is 14.6. The Kier molecular flexibility index (Phi) is 4.59. The second-order valence-corrected chi connectivity index (χ2v) is 3.72. The lowest BCUT2D eigenvalue weighted by molar-refractivity contribution is 0.0979. The summed E-state index contributed by atoms with van der Waals surface area (Å²) in [4.78, 5) is 24.3. The van der Waals surface area contributed by atoms with E-state index in [4.69, 9.17) is 5.73 Å². The van der Waals surface area contributed by atoms with Crippen LogP contribution in [-0.4, -0.2) is 11.6 Å². The minimum atomic E-state index is -0.275. The zero-order valence-corrected chi connectivity index (χ0v) is 11.2. The number of hydrogen-bond donors (Lipinski definition) is 1. The molecule has 1 aliphatic rings. The molecule has 3 nitrogen and oxygen atoms in total. The number of benzene rings is 1. The van der Waals surface area contributed by atoms with Gasteiger partial charge in [0.25, 0.3) is 0 Å². The number of nitrogens with two attached hydrogens (primary N) is 1. The summed E-state index contributed by atoms with van der Waals surface area (Å²) in [6.07, 6.45) is 1.35. The van der Waals surface area contributed by atoms with Gasteiger partial charge in [-0.25, -0.2) is 0 Å². The van der Waals surface area contributed by atoms with Crippen LogP contribution in [0.5, 0.6) is 0 Å². The Labute approximate surface area is 113 Å². The van der Waals surface area contributed by atoms with E-state index >= 15 is 0 Å². The summed E-state index contributed by atoms with van der Waals surface area (Å²) < 4.78 is 0. The van der Waals surface area contributed by atoms with E-state index < -0.39 is 0 Å². The lowest BCUT2D eigenvalue weighted by atomic mass is 9.83. The molecule has 0 amide bonds. The van der Waals surface area contributed by atoms with Crippen LogP contribution in [0.1, 0.15) is 34.6 Å². The Morgan fingerprint density at radius 3 is 2.00 bits per heavy atom. The maximum Gasteiger partial charge on any atom is 0.196 e. The third kappa shape index (κ3) is 2.40. The Morgan fingerprint density at radius 1 is 1.11 bits per heavy atom. The average molecular weight is 255 g/mol. The van der Waals surface area contributed by atoms with Gasteiger partial charge in [0.1, 0.15) is 0 Å². The molecule has 0 unspecified atom stereocenters. The molecule has 0 saturated heterocycles. The summed E-state index contributed by atoms with van der Waals surface area (Å²) in [5.74, 6) is -0.514. The molecule has 2 N–H and O–H groups in total. The second-order valence-electron chi connectivity index (χ2n) is 3.72. The fraction of sp³-hybridized carbons (Fsp3) is 0.125. The van der Waals surface area contributed by atoms with E-state index in [2.05, 4.69) is 13.2 Å². The first-order valence-corrected chi connectivity index (χ1v) is 6.07. The van der Waals surface area contributed by atoms with E-state index in [0.717, 1.165) is 0 Å². The van der Waals surface area contributed by atoms with Crippen molar-refractivity contribution in [3.05, 3.63) is 71.5 Å². The van der Waals surface area contributed by atoms with Crippen molar-refractivity contribution >= 4 is 11.6 Å². The number of carbonyl (C=O) groups is 2. The summed E-state index contributed by atoms with van der Waals surface area (Å²) in [6, 6.07) is 6.65. The summed E-state index contributed by atoms with van der Waals surface area (Å²) in [6.45, 7) is 11.1. The van der Waals surface area contributed by atoms with Crippen LogP contribution >= 0.6 is 0 Å². The molecule has 3 heteroatoms. The molecule has 0 radical (unpaired) electrons. The highest BCUT2D eigenvalue weighted by atomic mass is 16.1. The maximum atomic E-state index is 12.2. The predicted octanol–water partition coefficient (Wildman–Crippen LogP) is 3.05. The van der Waals surface area contributed by atoms with Crippen molar-refractivity contribution in [1.82, 2.24) is 0 Å². The number of allylic oxidation sites excluding steroid dienone is 3. The first-order valence-electron chi connectivity index (χ1n) is 6.07. The van der Waals surface area contributed by atoms with Gasteiger partial charge in [-0.1, -0.05) is 57.3 Å². The first kappa shape index (κ1) is 14.6. The highest BCUT2D eigenvalue weighted by Crippen LogP contribution is 2.28. The third-order valence-electron chi connectivity index (χ3n) is 2.68. The van der Waals surface area contributed by atoms with Crippen LogP contribution < -0.4 is 5.73 Å². The number of hydrogen-bond acceptors (Lipinski definition) is 3. The van der Waals surface area contributed by atoms with Gasteiger partial charge in [-0.15, -0.1) is 0 Å². The summed E-state index contributed by atoms with van der Waals surface area (Å²) in [5.41, 5.74) is 6.79. The highest BCUT2D eigenvalue weighted by Gasteiger charge is 2.30. The molecule has 0 aromatic heterocycles. The largest absolute Gasteiger partial charge is 0.399 e. The quantitative estimate of drug-likeness (QED) is 0.883. The summed E-state index contributed by atoms with van der Waals surface area (Å²) >= 11 is 0. The number of carbonyl (C=O) groups excluding carboxylic acids is 2. The van der Waals surface area contributed by atoms with Gasteiger partial charge >= 0.3 is 0 Å². The zero-order valence-electron chi connectivity index (χ0n) is 11.2. The van der Waals surface area contributed by atoms with Gasteiger partial charge in [0.15, 0.2) is 11.6 Å². The van der Waals surface area contributed by atoms with Crippen molar-refractivity contribution in [1.29, 1.82) is 0 Å². The average Bonchev–Trinajstić information content (AvgIpc) is 2.44. The molecular weight excluding hydrogens is 238 g/mol. The molecule has 0 heterocycles. The second kappa shape index (κ2) is 5.96. The van der Waals surface area contributed by atoms with Crippen molar-refractivity contribution in [2.75, 3.05) is 0 Å². The van der Waals surface area contributed by atoms with E-state index in [-0.39, 0.29) is 28.4 Å². The third-order valence-corrected chi connectivity index (χ3v) is 2.68. The molecule has 0 bridgehead atoms. The topological polar surface area (TPSA) is 60.2 Å². The standard InChI is InChI=1S/C14H11NO2.C2H6/c1-3-9-12(8(2)15)14(17)11-7-5-4-6-10(11)13(9)16;1-2/h3-7H,1-2,15H2;1-2H3. The number of Topliss-reactive ketones (excluding diaryl/α,β-unsaturated/α-hetero) is 2. The number of rotatable bonds is 2. The molecule has 1 aromatic carbocycles. The highest BCUT2D eigenvalue weighted by molar-refractivity contribution is 6.29. The van der Waals surface area contributed by atoms with Gasteiger partial charge in [0.2, 0.25) is 0 Å². The van der Waals surface area contributed by atoms with Crippen LogP contribution in [0.4, 0.5) is 0 Å². The van der Waals surface area contributed by atoms with Gasteiger partial charge in [0, 0.05) is 22.4 Å². The van der Waals surface area contributed by atoms with Gasteiger partial charge in [-0.05, 0) is 0 Å². The van der Waals surface area contributed by atoms with Gasteiger partial charge in [-0.3, -0.25) is 9.59 Å². The SMILES string of the molecule is C=CC1=C(C(=C)N)C(=O)c2ccccc2C1=O.CC. The lowest BCUT2D eigenvalue weighted by Crippen LogP contribution is -2.24. The van der Waals surface area contributed by atoms with Gasteiger partial charge in [-0.2, -0.15) is 0 Å². The van der Waals surface area contributed by atoms with Crippen LogP contribution in [0.3, 0.4) is 0 Å². The van der Waals surface area contributed by atoms with Crippen LogP contribution in [0, 0.1) is 0 Å². The summed E-state index contributed by atoms with van der Waals surface area (Å²) in [7, 11) is 0. The molecule has 1 aliphatic carbocycles. The van der Waals surface area contributed by atoms with Gasteiger partial charge in [0.05, 0.1) is 5.57 Å². The minimum absolute atomic E-state index is 0.0905. The van der Waals surface area contributed by atoms with E-state index in [1.165, 1.54) is 6.08 Å². The predicted molar refractivity (Wildman–Crippen MR) is 77.0 cm³/mol. The van der Waals surface area contributed by atoms with Crippen molar-refractivity contribution < 1.29 is 9.59 Å². The van der Waals surface area contributed by atoms with Crippen LogP contribution in [0.15, 0.2) is 60.3 Å². The summed E-state index contributed by atoms with van der Waals surface area (Å²) in [5, 5.41) is 0. The van der Waals surface area contributed by atoms with Crippen LogP contribution in [-0.2, 0) is 0 Å². The number of fused-ring (bicyclic) bond motifs is 1. The van der Waals surface area contributed by atoms with Crippen molar-refractivity contribution in [3.63, 3.8) is 0 Å². The van der Waals surface area contributed by atoms with E-state index in [0.29, 0.717) is 11.1 Å². The first-order chi connectivity index (χ1) is 9.07. The van der Waals surface area contributed by atoms with Crippen molar-refractivity contribution in [3.8, 4) is 0 Å². The molecule has 0 saturated carbocycles. The van der Waals surface area contributed by atoms with Crippen LogP contribution in [0.25, 0.3) is 0 Å². The minimum Gasteiger partial charge on any atom is -0.399 e. The molecule has 19 heavy (non-hydrogen) atoms. The molecule has 0 fully saturated rings. The molecule has 1 aromatic rings. The maximum absolute atomic E-state index is 12.2. The lowest BCUT2D eigenvalue weighted by Gasteiger charge is -2.18. The monoisotopic (exact) mass is 255 g/mol.